The van der Waals surface area contributed by atoms with E-state index in [-0.39, 0.29) is 17.3 Å². The zero-order valence-electron chi connectivity index (χ0n) is 10.7. The van der Waals surface area contributed by atoms with Crippen molar-refractivity contribution in [2.24, 2.45) is 0 Å². The van der Waals surface area contributed by atoms with Gasteiger partial charge in [-0.25, -0.2) is 4.39 Å². The molecule has 0 bridgehead atoms. The third-order valence-corrected chi connectivity index (χ3v) is 2.70. The van der Waals surface area contributed by atoms with Gasteiger partial charge in [-0.15, -0.1) is 0 Å². The lowest BCUT2D eigenvalue weighted by Crippen LogP contribution is -1.86. The summed E-state index contributed by atoms with van der Waals surface area (Å²) in [7, 11) is 0. The number of aromatic hydroxyl groups is 1. The minimum Gasteiger partial charge on any atom is -0.507 e. The van der Waals surface area contributed by atoms with E-state index in [9.17, 15) is 14.3 Å². The van der Waals surface area contributed by atoms with Crippen LogP contribution in [0.25, 0.3) is 12.2 Å². The lowest BCUT2D eigenvalue weighted by atomic mass is 10.1. The summed E-state index contributed by atoms with van der Waals surface area (Å²) >= 11 is 0. The Balaban J connectivity index is 2.07. The van der Waals surface area contributed by atoms with Crippen molar-refractivity contribution in [1.82, 2.24) is 0 Å². The summed E-state index contributed by atoms with van der Waals surface area (Å²) in [4.78, 5) is 11.6. The van der Waals surface area contributed by atoms with E-state index in [1.807, 2.05) is 0 Å². The third kappa shape index (κ3) is 3.65. The molecular formula is C17H13FO2. The number of rotatable bonds is 4. The van der Waals surface area contributed by atoms with Gasteiger partial charge in [0.05, 0.1) is 0 Å². The standard InChI is InChI=1S/C17H13FO2/c18-16-7-3-1-5-13(16)9-11-15(19)12-10-14-6-2-4-8-17(14)20/h1-12,20H/b11-9+,12-10+. The first kappa shape index (κ1) is 13.7. The molecule has 0 radical (unpaired) electrons. The van der Waals surface area contributed by atoms with Gasteiger partial charge in [0.25, 0.3) is 0 Å². The molecule has 0 amide bonds. The van der Waals surface area contributed by atoms with Gasteiger partial charge in [0.2, 0.25) is 0 Å². The van der Waals surface area contributed by atoms with Crippen molar-refractivity contribution in [1.29, 1.82) is 0 Å². The van der Waals surface area contributed by atoms with Crippen LogP contribution in [0.15, 0.2) is 60.7 Å². The van der Waals surface area contributed by atoms with E-state index in [4.69, 9.17) is 0 Å². The first-order valence-corrected chi connectivity index (χ1v) is 6.09. The Hall–Kier alpha value is -2.68. The average Bonchev–Trinajstić information content (AvgIpc) is 2.45. The Morgan fingerprint density at radius 2 is 1.45 bits per heavy atom. The molecule has 0 atom stereocenters. The maximum atomic E-state index is 13.3. The molecule has 2 rings (SSSR count). The Morgan fingerprint density at radius 1 is 0.900 bits per heavy atom. The Kier molecular flexibility index (Phi) is 4.45. The summed E-state index contributed by atoms with van der Waals surface area (Å²) in [5.74, 6) is -0.549. The molecule has 0 aromatic heterocycles. The molecule has 2 nitrogen and oxygen atoms in total. The number of hydrogen-bond acceptors (Lipinski definition) is 2. The first-order valence-electron chi connectivity index (χ1n) is 6.09. The Morgan fingerprint density at radius 3 is 2.10 bits per heavy atom. The largest absolute Gasteiger partial charge is 0.507 e. The van der Waals surface area contributed by atoms with E-state index in [0.29, 0.717) is 11.1 Å². The third-order valence-electron chi connectivity index (χ3n) is 2.70. The van der Waals surface area contributed by atoms with Crippen molar-refractivity contribution in [2.75, 3.05) is 0 Å². The molecule has 100 valence electrons. The van der Waals surface area contributed by atoms with Gasteiger partial charge in [0.1, 0.15) is 11.6 Å². The molecule has 0 heterocycles. The van der Waals surface area contributed by atoms with Crippen LogP contribution in [-0.2, 0) is 4.79 Å². The molecule has 0 aliphatic heterocycles. The lowest BCUT2D eigenvalue weighted by Gasteiger charge is -1.96. The van der Waals surface area contributed by atoms with Crippen LogP contribution in [0.3, 0.4) is 0 Å². The summed E-state index contributed by atoms with van der Waals surface area (Å²) in [5.41, 5.74) is 0.914. The zero-order valence-corrected chi connectivity index (χ0v) is 10.7. The number of allylic oxidation sites excluding steroid dienone is 2. The van der Waals surface area contributed by atoms with Crippen molar-refractivity contribution in [3.63, 3.8) is 0 Å². The van der Waals surface area contributed by atoms with E-state index < -0.39 is 0 Å². The minimum atomic E-state index is -0.374. The van der Waals surface area contributed by atoms with E-state index in [2.05, 4.69) is 0 Å². The highest BCUT2D eigenvalue weighted by Crippen LogP contribution is 2.17. The van der Waals surface area contributed by atoms with E-state index in [0.717, 1.165) is 0 Å². The number of phenolic OH excluding ortho intramolecular Hbond substituents is 1. The van der Waals surface area contributed by atoms with Crippen LogP contribution >= 0.6 is 0 Å². The fourth-order valence-corrected chi connectivity index (χ4v) is 1.64. The quantitative estimate of drug-likeness (QED) is 0.856. The SMILES string of the molecule is O=C(/C=C/c1ccccc1O)/C=C/c1ccccc1F. The average molecular weight is 268 g/mol. The minimum absolute atomic E-state index is 0.106. The Labute approximate surface area is 116 Å². The second-order valence-electron chi connectivity index (χ2n) is 4.15. The van der Waals surface area contributed by atoms with Gasteiger partial charge in [-0.05, 0) is 36.4 Å². The van der Waals surface area contributed by atoms with Crippen LogP contribution in [0.1, 0.15) is 11.1 Å². The molecule has 0 aliphatic rings. The molecule has 2 aromatic carbocycles. The molecule has 0 saturated heterocycles. The molecule has 2 aromatic rings. The number of carbonyl (C=O) groups is 1. The van der Waals surface area contributed by atoms with Crippen LogP contribution in [-0.4, -0.2) is 10.9 Å². The number of phenols is 1. The van der Waals surface area contributed by atoms with E-state index >= 15 is 0 Å². The predicted molar refractivity (Wildman–Crippen MR) is 77.6 cm³/mol. The highest BCUT2D eigenvalue weighted by Gasteiger charge is 1.98. The predicted octanol–water partition coefficient (Wildman–Crippen LogP) is 3.83. The van der Waals surface area contributed by atoms with Crippen molar-refractivity contribution in [2.45, 2.75) is 0 Å². The van der Waals surface area contributed by atoms with Crippen LogP contribution in [0.5, 0.6) is 5.75 Å². The summed E-state index contributed by atoms with van der Waals surface area (Å²) in [6, 6.07) is 12.9. The smallest absolute Gasteiger partial charge is 0.178 e. The van der Waals surface area contributed by atoms with E-state index in [1.165, 1.54) is 30.4 Å². The van der Waals surface area contributed by atoms with Gasteiger partial charge in [0.15, 0.2) is 5.78 Å². The number of para-hydroxylation sites is 1. The number of hydrogen-bond donors (Lipinski definition) is 1. The molecule has 0 saturated carbocycles. The van der Waals surface area contributed by atoms with Crippen LogP contribution in [0.4, 0.5) is 4.39 Å². The van der Waals surface area contributed by atoms with Crippen molar-refractivity contribution in [3.05, 3.63) is 77.6 Å². The molecule has 20 heavy (non-hydrogen) atoms. The van der Waals surface area contributed by atoms with E-state index in [1.54, 1.807) is 42.5 Å². The maximum absolute atomic E-state index is 13.3. The molecule has 0 unspecified atom stereocenters. The van der Waals surface area contributed by atoms with Gasteiger partial charge >= 0.3 is 0 Å². The van der Waals surface area contributed by atoms with Crippen molar-refractivity contribution in [3.8, 4) is 5.75 Å². The number of ketones is 1. The highest BCUT2D eigenvalue weighted by atomic mass is 19.1. The maximum Gasteiger partial charge on any atom is 0.178 e. The van der Waals surface area contributed by atoms with Crippen LogP contribution in [0, 0.1) is 5.82 Å². The Bertz CT molecular complexity index is 615. The van der Waals surface area contributed by atoms with Gasteiger partial charge in [-0.2, -0.15) is 0 Å². The molecule has 0 spiro atoms. The second-order valence-corrected chi connectivity index (χ2v) is 4.15. The number of benzene rings is 2. The molecule has 0 fully saturated rings. The topological polar surface area (TPSA) is 37.3 Å². The van der Waals surface area contributed by atoms with Gasteiger partial charge < -0.3 is 5.11 Å². The summed E-state index contributed by atoms with van der Waals surface area (Å²) in [6.45, 7) is 0. The van der Waals surface area contributed by atoms with Gasteiger partial charge in [0, 0.05) is 11.1 Å². The highest BCUT2D eigenvalue weighted by molar-refractivity contribution is 6.04. The lowest BCUT2D eigenvalue weighted by molar-refractivity contribution is -0.110. The van der Waals surface area contributed by atoms with Gasteiger partial charge in [-0.1, -0.05) is 36.4 Å². The van der Waals surface area contributed by atoms with Crippen LogP contribution < -0.4 is 0 Å². The summed E-state index contributed by atoms with van der Waals surface area (Å²) in [5, 5.41) is 9.54. The number of carbonyl (C=O) groups excluding carboxylic acids is 1. The monoisotopic (exact) mass is 268 g/mol. The summed E-state index contributed by atoms with van der Waals surface area (Å²) in [6.07, 6.45) is 5.55. The fourth-order valence-electron chi connectivity index (χ4n) is 1.64. The van der Waals surface area contributed by atoms with Gasteiger partial charge in [-0.3, -0.25) is 4.79 Å². The summed E-state index contributed by atoms with van der Waals surface area (Å²) < 4.78 is 13.3. The fraction of sp³-hybridized carbons (Fsp3) is 0. The normalized spacial score (nSPS) is 11.2. The molecule has 3 heteroatoms. The van der Waals surface area contributed by atoms with Crippen molar-refractivity contribution < 1.29 is 14.3 Å². The molecule has 0 aliphatic carbocycles. The molecule has 1 N–H and O–H groups in total. The van der Waals surface area contributed by atoms with Crippen LogP contribution in [0.2, 0.25) is 0 Å². The second kappa shape index (κ2) is 6.48. The molecular weight excluding hydrogens is 255 g/mol. The number of halogens is 1. The van der Waals surface area contributed by atoms with Crippen molar-refractivity contribution >= 4 is 17.9 Å². The first-order chi connectivity index (χ1) is 9.66. The zero-order chi connectivity index (χ0) is 14.4.